The molecule has 1 atom stereocenters. The standard InChI is InChI=1S/C20H16N2O5/c1-27-20-16(23)9-7-13(19(20)22(25)26)14-10-17(24)21-15-8-6-11-4-2-3-5-12(11)18(14)15/h2-9,14,23H,10H2,1H3,(H,21,24). The minimum atomic E-state index is -0.578. The fourth-order valence-corrected chi connectivity index (χ4v) is 3.78. The number of hydrogen-bond acceptors (Lipinski definition) is 5. The number of rotatable bonds is 3. The fourth-order valence-electron chi connectivity index (χ4n) is 3.78. The highest BCUT2D eigenvalue weighted by molar-refractivity contribution is 6.01. The zero-order chi connectivity index (χ0) is 19.1. The Hall–Kier alpha value is -3.61. The minimum absolute atomic E-state index is 0.0653. The molecule has 0 spiro atoms. The molecule has 136 valence electrons. The predicted octanol–water partition coefficient (Wildman–Crippen LogP) is 3.94. The number of carbonyl (C=O) groups is 1. The van der Waals surface area contributed by atoms with E-state index in [0.29, 0.717) is 11.3 Å². The average Bonchev–Trinajstić information content (AvgIpc) is 2.66. The van der Waals surface area contributed by atoms with E-state index in [4.69, 9.17) is 4.74 Å². The minimum Gasteiger partial charge on any atom is -0.504 e. The van der Waals surface area contributed by atoms with E-state index in [2.05, 4.69) is 5.32 Å². The number of phenolic OH excluding ortho intramolecular Hbond substituents is 1. The molecule has 4 rings (SSSR count). The Morgan fingerprint density at radius 3 is 2.70 bits per heavy atom. The van der Waals surface area contributed by atoms with Gasteiger partial charge in [-0.05, 0) is 34.5 Å². The van der Waals surface area contributed by atoms with E-state index in [1.807, 2.05) is 36.4 Å². The number of benzene rings is 3. The van der Waals surface area contributed by atoms with E-state index >= 15 is 0 Å². The molecule has 0 saturated carbocycles. The van der Waals surface area contributed by atoms with Gasteiger partial charge in [0.1, 0.15) is 0 Å². The molecule has 3 aromatic carbocycles. The van der Waals surface area contributed by atoms with Crippen LogP contribution in [0.15, 0.2) is 48.5 Å². The van der Waals surface area contributed by atoms with Gasteiger partial charge in [-0.3, -0.25) is 14.9 Å². The van der Waals surface area contributed by atoms with E-state index in [1.165, 1.54) is 19.2 Å². The van der Waals surface area contributed by atoms with Gasteiger partial charge in [0.05, 0.1) is 12.0 Å². The van der Waals surface area contributed by atoms with Gasteiger partial charge in [0.15, 0.2) is 5.75 Å². The quantitative estimate of drug-likeness (QED) is 0.541. The summed E-state index contributed by atoms with van der Waals surface area (Å²) in [6, 6.07) is 14.3. The van der Waals surface area contributed by atoms with Crippen molar-refractivity contribution < 1.29 is 19.6 Å². The fraction of sp³-hybridized carbons (Fsp3) is 0.150. The largest absolute Gasteiger partial charge is 0.504 e. The number of carbonyl (C=O) groups excluding carboxylic acids is 1. The van der Waals surface area contributed by atoms with Crippen molar-refractivity contribution >= 4 is 28.1 Å². The van der Waals surface area contributed by atoms with Crippen molar-refractivity contribution in [1.29, 1.82) is 0 Å². The van der Waals surface area contributed by atoms with Crippen LogP contribution in [0.3, 0.4) is 0 Å². The van der Waals surface area contributed by atoms with Gasteiger partial charge in [-0.25, -0.2) is 0 Å². The van der Waals surface area contributed by atoms with E-state index in [1.54, 1.807) is 0 Å². The van der Waals surface area contributed by atoms with Gasteiger partial charge in [0.25, 0.3) is 0 Å². The molecule has 0 aromatic heterocycles. The number of phenols is 1. The number of nitrogens with one attached hydrogen (secondary N) is 1. The molecule has 3 aromatic rings. The molecule has 2 N–H and O–H groups in total. The van der Waals surface area contributed by atoms with Crippen molar-refractivity contribution in [2.75, 3.05) is 12.4 Å². The molecule has 0 fully saturated rings. The second-order valence-electron chi connectivity index (χ2n) is 6.37. The van der Waals surface area contributed by atoms with Crippen LogP contribution in [0.4, 0.5) is 11.4 Å². The van der Waals surface area contributed by atoms with Gasteiger partial charge in [0, 0.05) is 23.6 Å². The maximum Gasteiger partial charge on any atom is 0.318 e. The van der Waals surface area contributed by atoms with Crippen LogP contribution < -0.4 is 10.1 Å². The van der Waals surface area contributed by atoms with E-state index < -0.39 is 10.8 Å². The molecule has 0 aliphatic carbocycles. The smallest absolute Gasteiger partial charge is 0.318 e. The lowest BCUT2D eigenvalue weighted by molar-refractivity contribution is -0.386. The van der Waals surface area contributed by atoms with E-state index in [0.717, 1.165) is 16.3 Å². The third kappa shape index (κ3) is 2.64. The molecule has 7 nitrogen and oxygen atoms in total. The zero-order valence-electron chi connectivity index (χ0n) is 14.4. The van der Waals surface area contributed by atoms with Crippen molar-refractivity contribution in [3.8, 4) is 11.5 Å². The summed E-state index contributed by atoms with van der Waals surface area (Å²) in [7, 11) is 1.27. The van der Waals surface area contributed by atoms with Crippen molar-refractivity contribution in [2.24, 2.45) is 0 Å². The number of hydrogen-bond donors (Lipinski definition) is 2. The van der Waals surface area contributed by atoms with E-state index in [-0.39, 0.29) is 29.5 Å². The molecule has 7 heteroatoms. The Balaban J connectivity index is 2.04. The number of amides is 1. The highest BCUT2D eigenvalue weighted by atomic mass is 16.6. The van der Waals surface area contributed by atoms with Gasteiger partial charge >= 0.3 is 5.69 Å². The monoisotopic (exact) mass is 364 g/mol. The van der Waals surface area contributed by atoms with Crippen molar-refractivity contribution in [3.05, 3.63) is 69.8 Å². The van der Waals surface area contributed by atoms with Crippen LogP contribution >= 0.6 is 0 Å². The van der Waals surface area contributed by atoms with Gasteiger partial charge < -0.3 is 15.2 Å². The van der Waals surface area contributed by atoms with Crippen LogP contribution in [0.5, 0.6) is 11.5 Å². The number of aromatic hydroxyl groups is 1. The summed E-state index contributed by atoms with van der Waals surface area (Å²) in [6.07, 6.45) is 0.0653. The molecule has 1 aliphatic rings. The van der Waals surface area contributed by atoms with Crippen LogP contribution in [0.2, 0.25) is 0 Å². The summed E-state index contributed by atoms with van der Waals surface area (Å²) in [5.74, 6) is -1.27. The van der Waals surface area contributed by atoms with Crippen molar-refractivity contribution in [2.45, 2.75) is 12.3 Å². The normalized spacial score (nSPS) is 15.9. The van der Waals surface area contributed by atoms with E-state index in [9.17, 15) is 20.0 Å². The summed E-state index contributed by atoms with van der Waals surface area (Å²) < 4.78 is 5.08. The molecule has 1 unspecified atom stereocenters. The van der Waals surface area contributed by atoms with Crippen LogP contribution in [0, 0.1) is 10.1 Å². The first-order chi connectivity index (χ1) is 13.0. The summed E-state index contributed by atoms with van der Waals surface area (Å²) in [4.78, 5) is 23.5. The number of nitro groups is 1. The molecule has 1 aliphatic heterocycles. The molecule has 27 heavy (non-hydrogen) atoms. The van der Waals surface area contributed by atoms with Crippen molar-refractivity contribution in [3.63, 3.8) is 0 Å². The van der Waals surface area contributed by atoms with Crippen LogP contribution in [0.1, 0.15) is 23.5 Å². The van der Waals surface area contributed by atoms with Crippen molar-refractivity contribution in [1.82, 2.24) is 0 Å². The summed E-state index contributed by atoms with van der Waals surface area (Å²) in [6.45, 7) is 0. The number of nitrogens with zero attached hydrogens (tertiary/aromatic N) is 1. The Bertz CT molecular complexity index is 1090. The molecule has 1 heterocycles. The van der Waals surface area contributed by atoms with Gasteiger partial charge in [-0.1, -0.05) is 30.3 Å². The number of anilines is 1. The van der Waals surface area contributed by atoms with Gasteiger partial charge in [-0.15, -0.1) is 0 Å². The first-order valence-corrected chi connectivity index (χ1v) is 8.37. The topological polar surface area (TPSA) is 102 Å². The lowest BCUT2D eigenvalue weighted by atomic mass is 9.81. The maximum absolute atomic E-state index is 12.3. The third-order valence-corrected chi connectivity index (χ3v) is 4.89. The number of nitro benzene ring substituents is 1. The molecule has 0 radical (unpaired) electrons. The number of ether oxygens (including phenoxy) is 1. The van der Waals surface area contributed by atoms with Crippen LogP contribution in [0.25, 0.3) is 10.8 Å². The molecular formula is C20H16N2O5. The Morgan fingerprint density at radius 2 is 1.96 bits per heavy atom. The van der Waals surface area contributed by atoms with Crippen LogP contribution in [-0.4, -0.2) is 23.0 Å². The molecule has 0 bridgehead atoms. The Morgan fingerprint density at radius 1 is 1.19 bits per heavy atom. The molecular weight excluding hydrogens is 348 g/mol. The first kappa shape index (κ1) is 16.8. The zero-order valence-corrected chi connectivity index (χ0v) is 14.4. The second kappa shape index (κ2) is 6.28. The number of fused-ring (bicyclic) bond motifs is 3. The summed E-state index contributed by atoms with van der Waals surface area (Å²) in [5.41, 5.74) is 1.47. The second-order valence-corrected chi connectivity index (χ2v) is 6.37. The number of methoxy groups -OCH3 is 1. The third-order valence-electron chi connectivity index (χ3n) is 4.89. The lowest BCUT2D eigenvalue weighted by Crippen LogP contribution is -2.24. The Kier molecular flexibility index (Phi) is 3.92. The van der Waals surface area contributed by atoms with Crippen LogP contribution in [-0.2, 0) is 4.79 Å². The Labute approximate surface area is 154 Å². The molecule has 1 amide bonds. The van der Waals surface area contributed by atoms with Gasteiger partial charge in [-0.2, -0.15) is 0 Å². The SMILES string of the molecule is COc1c(O)ccc(C2CC(=O)Nc3ccc4ccccc4c32)c1[N+](=O)[O-]. The summed E-state index contributed by atoms with van der Waals surface area (Å²) in [5, 5.41) is 26.5. The summed E-state index contributed by atoms with van der Waals surface area (Å²) >= 11 is 0. The lowest BCUT2D eigenvalue weighted by Gasteiger charge is -2.27. The first-order valence-electron chi connectivity index (χ1n) is 8.37. The predicted molar refractivity (Wildman–Crippen MR) is 100 cm³/mol. The average molecular weight is 364 g/mol. The highest BCUT2D eigenvalue weighted by Crippen LogP contribution is 2.48. The molecule has 0 saturated heterocycles. The highest BCUT2D eigenvalue weighted by Gasteiger charge is 2.35. The van der Waals surface area contributed by atoms with Gasteiger partial charge in [0.2, 0.25) is 11.7 Å². The maximum atomic E-state index is 12.3.